The van der Waals surface area contributed by atoms with E-state index >= 15 is 0 Å². The number of ether oxygens (including phenoxy) is 1. The maximum atomic E-state index is 13.4. The van der Waals surface area contributed by atoms with Gasteiger partial charge in [-0.3, -0.25) is 4.79 Å². The van der Waals surface area contributed by atoms with Crippen molar-refractivity contribution in [2.45, 2.75) is 24.9 Å². The Bertz CT molecular complexity index is 1100. The van der Waals surface area contributed by atoms with Gasteiger partial charge >= 0.3 is 0 Å². The summed E-state index contributed by atoms with van der Waals surface area (Å²) in [5, 5.41) is 10.2. The van der Waals surface area contributed by atoms with E-state index in [0.29, 0.717) is 23.4 Å². The molecule has 4 nitrogen and oxygen atoms in total. The Balaban J connectivity index is 1.65. The summed E-state index contributed by atoms with van der Waals surface area (Å²) in [6, 6.07) is 24.3. The summed E-state index contributed by atoms with van der Waals surface area (Å²) in [6.07, 6.45) is 1.35. The molecule has 3 aromatic rings. The van der Waals surface area contributed by atoms with E-state index in [4.69, 9.17) is 16.3 Å². The number of carbonyl (C=O) groups is 1. The van der Waals surface area contributed by atoms with Crippen molar-refractivity contribution in [3.8, 4) is 22.9 Å². The monoisotopic (exact) mass is 416 g/mol. The Hall–Kier alpha value is -3.29. The first kappa shape index (κ1) is 20.0. The molecular formula is C25H21ClN2O2. The Morgan fingerprint density at radius 3 is 2.43 bits per heavy atom. The van der Waals surface area contributed by atoms with Crippen LogP contribution in [-0.2, 0) is 0 Å². The molecule has 1 unspecified atom stereocenters. The van der Waals surface area contributed by atoms with Crippen LogP contribution in [0.3, 0.4) is 0 Å². The number of nitrogens with zero attached hydrogens (tertiary/aromatic N) is 2. The third kappa shape index (κ3) is 3.65. The molecule has 1 fully saturated rings. The molecule has 30 heavy (non-hydrogen) atoms. The average Bonchev–Trinajstić information content (AvgIpc) is 3.23. The minimum atomic E-state index is -0.465. The van der Waals surface area contributed by atoms with Crippen LogP contribution < -0.4 is 4.74 Å². The highest BCUT2D eigenvalue weighted by atomic mass is 35.5. The zero-order valence-corrected chi connectivity index (χ0v) is 17.3. The van der Waals surface area contributed by atoms with E-state index in [0.717, 1.165) is 22.4 Å². The molecular weight excluding hydrogens is 396 g/mol. The summed E-state index contributed by atoms with van der Waals surface area (Å²) in [7, 11) is 1.64. The number of para-hydroxylation sites is 1. The highest BCUT2D eigenvalue weighted by Gasteiger charge is 2.39. The van der Waals surface area contributed by atoms with Gasteiger partial charge < -0.3 is 9.64 Å². The second kappa shape index (κ2) is 8.61. The van der Waals surface area contributed by atoms with Crippen LogP contribution in [0.1, 0.15) is 34.8 Å². The maximum Gasteiger partial charge on any atom is 0.255 e. The second-order valence-corrected chi connectivity index (χ2v) is 7.66. The van der Waals surface area contributed by atoms with Crippen LogP contribution in [0.25, 0.3) is 11.1 Å². The topological polar surface area (TPSA) is 53.3 Å². The van der Waals surface area contributed by atoms with Crippen molar-refractivity contribution in [3.63, 3.8) is 0 Å². The van der Waals surface area contributed by atoms with Crippen LogP contribution in [-0.4, -0.2) is 24.0 Å². The van der Waals surface area contributed by atoms with E-state index in [9.17, 15) is 10.1 Å². The lowest BCUT2D eigenvalue weighted by molar-refractivity contribution is 0.0700. The Labute approximate surface area is 181 Å². The largest absolute Gasteiger partial charge is 0.496 e. The molecule has 0 radical (unpaired) electrons. The van der Waals surface area contributed by atoms with Crippen molar-refractivity contribution in [2.24, 2.45) is 0 Å². The Morgan fingerprint density at radius 2 is 1.73 bits per heavy atom. The molecule has 1 saturated heterocycles. The molecule has 3 aromatic carbocycles. The minimum Gasteiger partial charge on any atom is -0.496 e. The molecule has 5 heteroatoms. The molecule has 0 aliphatic carbocycles. The van der Waals surface area contributed by atoms with Gasteiger partial charge in [0.15, 0.2) is 0 Å². The van der Waals surface area contributed by atoms with Gasteiger partial charge in [0.1, 0.15) is 11.8 Å². The number of hydrogen-bond acceptors (Lipinski definition) is 3. The number of nitriles is 1. The highest BCUT2D eigenvalue weighted by Crippen LogP contribution is 2.40. The van der Waals surface area contributed by atoms with E-state index in [1.165, 1.54) is 0 Å². The van der Waals surface area contributed by atoms with Gasteiger partial charge in [-0.2, -0.15) is 5.26 Å². The van der Waals surface area contributed by atoms with Crippen molar-refractivity contribution < 1.29 is 9.53 Å². The first-order valence-electron chi connectivity index (χ1n) is 9.84. The zero-order valence-electron chi connectivity index (χ0n) is 16.6. The standard InChI is InChI=1S/C25H21ClN2O2/c1-30-24-9-5-3-6-20(24)17-10-12-18(13-11-17)25(29)28-19(16-27)14-15-23(28)21-7-2-4-8-22(21)26/h2-13,19,23H,14-15H2,1H3/t19-,23?/m0/s1. The summed E-state index contributed by atoms with van der Waals surface area (Å²) < 4.78 is 5.44. The van der Waals surface area contributed by atoms with Gasteiger partial charge in [-0.05, 0) is 48.2 Å². The van der Waals surface area contributed by atoms with Gasteiger partial charge in [-0.25, -0.2) is 0 Å². The maximum absolute atomic E-state index is 13.4. The molecule has 150 valence electrons. The minimum absolute atomic E-state index is 0.157. The number of likely N-dealkylation sites (tertiary alicyclic amines) is 1. The number of methoxy groups -OCH3 is 1. The fraction of sp³-hybridized carbons (Fsp3) is 0.200. The number of amides is 1. The normalized spacial score (nSPS) is 18.1. The van der Waals surface area contributed by atoms with E-state index in [2.05, 4.69) is 6.07 Å². The van der Waals surface area contributed by atoms with Gasteiger partial charge in [0.05, 0.1) is 19.2 Å². The van der Waals surface area contributed by atoms with E-state index in [1.807, 2.05) is 60.7 Å². The summed E-state index contributed by atoms with van der Waals surface area (Å²) in [5.74, 6) is 0.620. The second-order valence-electron chi connectivity index (χ2n) is 7.25. The fourth-order valence-electron chi connectivity index (χ4n) is 4.10. The third-order valence-electron chi connectivity index (χ3n) is 5.58. The van der Waals surface area contributed by atoms with Crippen molar-refractivity contribution in [3.05, 3.63) is 88.9 Å². The van der Waals surface area contributed by atoms with Crippen LogP contribution >= 0.6 is 11.6 Å². The molecule has 0 spiro atoms. The number of rotatable bonds is 4. The third-order valence-corrected chi connectivity index (χ3v) is 5.93. The molecule has 1 aliphatic rings. The van der Waals surface area contributed by atoms with Gasteiger partial charge in [0.2, 0.25) is 0 Å². The number of carbonyl (C=O) groups excluding carboxylic acids is 1. The molecule has 2 atom stereocenters. The molecule has 4 rings (SSSR count). The fourth-order valence-corrected chi connectivity index (χ4v) is 4.36. The van der Waals surface area contributed by atoms with Gasteiger partial charge in [0.25, 0.3) is 5.91 Å². The van der Waals surface area contributed by atoms with Gasteiger partial charge in [0, 0.05) is 16.1 Å². The molecule has 0 aromatic heterocycles. The Morgan fingerprint density at radius 1 is 1.03 bits per heavy atom. The van der Waals surface area contributed by atoms with Gasteiger partial charge in [-0.15, -0.1) is 0 Å². The lowest BCUT2D eigenvalue weighted by atomic mass is 10.0. The van der Waals surface area contributed by atoms with Crippen molar-refractivity contribution in [1.82, 2.24) is 4.90 Å². The summed E-state index contributed by atoms with van der Waals surface area (Å²) in [6.45, 7) is 0. The zero-order chi connectivity index (χ0) is 21.1. The first-order chi connectivity index (χ1) is 14.6. The molecule has 1 heterocycles. The highest BCUT2D eigenvalue weighted by molar-refractivity contribution is 6.31. The lowest BCUT2D eigenvalue weighted by Gasteiger charge is -2.28. The number of hydrogen-bond donors (Lipinski definition) is 0. The van der Waals surface area contributed by atoms with Crippen molar-refractivity contribution >= 4 is 17.5 Å². The van der Waals surface area contributed by atoms with Crippen molar-refractivity contribution in [2.75, 3.05) is 7.11 Å². The Kier molecular flexibility index (Phi) is 5.74. The quantitative estimate of drug-likeness (QED) is 0.533. The molecule has 0 bridgehead atoms. The molecule has 1 aliphatic heterocycles. The summed E-state index contributed by atoms with van der Waals surface area (Å²) in [4.78, 5) is 15.1. The summed E-state index contributed by atoms with van der Waals surface area (Å²) in [5.41, 5.74) is 3.36. The predicted octanol–water partition coefficient (Wildman–Crippen LogP) is 5.89. The molecule has 0 N–H and O–H groups in total. The molecule has 1 amide bonds. The van der Waals surface area contributed by atoms with Gasteiger partial charge in [-0.1, -0.05) is 60.1 Å². The first-order valence-corrected chi connectivity index (χ1v) is 10.2. The van der Waals surface area contributed by atoms with E-state index in [-0.39, 0.29) is 11.9 Å². The van der Waals surface area contributed by atoms with Crippen LogP contribution in [0.4, 0.5) is 0 Å². The van der Waals surface area contributed by atoms with E-state index < -0.39 is 6.04 Å². The van der Waals surface area contributed by atoms with Crippen LogP contribution in [0, 0.1) is 11.3 Å². The lowest BCUT2D eigenvalue weighted by Crippen LogP contribution is -2.36. The molecule has 0 saturated carbocycles. The van der Waals surface area contributed by atoms with Crippen LogP contribution in [0.5, 0.6) is 5.75 Å². The van der Waals surface area contributed by atoms with Crippen molar-refractivity contribution in [1.29, 1.82) is 5.26 Å². The number of halogens is 1. The van der Waals surface area contributed by atoms with Crippen LogP contribution in [0.2, 0.25) is 5.02 Å². The SMILES string of the molecule is COc1ccccc1-c1ccc(C(=O)N2C(c3ccccc3Cl)CC[C@H]2C#N)cc1. The summed E-state index contributed by atoms with van der Waals surface area (Å²) >= 11 is 6.40. The average molecular weight is 417 g/mol. The predicted molar refractivity (Wildman–Crippen MR) is 117 cm³/mol. The number of benzene rings is 3. The smallest absolute Gasteiger partial charge is 0.255 e. The van der Waals surface area contributed by atoms with E-state index in [1.54, 1.807) is 24.1 Å². The van der Waals surface area contributed by atoms with Crippen LogP contribution in [0.15, 0.2) is 72.8 Å².